The Morgan fingerprint density at radius 2 is 1.95 bits per heavy atom. The fraction of sp³-hybridized carbons (Fsp3) is 0.733. The molecule has 1 saturated carbocycles. The average Bonchev–Trinajstić information content (AvgIpc) is 2.39. The molecule has 0 saturated heterocycles. The van der Waals surface area contributed by atoms with Gasteiger partial charge in [0.15, 0.2) is 5.82 Å². The number of ether oxygens (including phenoxy) is 1. The van der Waals surface area contributed by atoms with Crippen molar-refractivity contribution in [1.29, 1.82) is 0 Å². The molecule has 1 fully saturated rings. The number of rotatable bonds is 9. The van der Waals surface area contributed by atoms with Crippen molar-refractivity contribution < 1.29 is 4.74 Å². The lowest BCUT2D eigenvalue weighted by Crippen LogP contribution is -2.16. The summed E-state index contributed by atoms with van der Waals surface area (Å²) in [6, 6.07) is 1.97. The van der Waals surface area contributed by atoms with Gasteiger partial charge in [-0.25, -0.2) is 9.97 Å². The van der Waals surface area contributed by atoms with Gasteiger partial charge in [-0.3, -0.25) is 0 Å². The number of hydrogen-bond donors (Lipinski definition) is 2. The fourth-order valence-electron chi connectivity index (χ4n) is 2.30. The van der Waals surface area contributed by atoms with E-state index in [1.54, 1.807) is 0 Å². The van der Waals surface area contributed by atoms with Crippen LogP contribution in [0.3, 0.4) is 0 Å². The van der Waals surface area contributed by atoms with E-state index < -0.39 is 0 Å². The van der Waals surface area contributed by atoms with Gasteiger partial charge in [0.2, 0.25) is 0 Å². The summed E-state index contributed by atoms with van der Waals surface area (Å²) in [6.45, 7) is 7.03. The third kappa shape index (κ3) is 4.63. The summed E-state index contributed by atoms with van der Waals surface area (Å²) < 4.78 is 5.40. The molecule has 20 heavy (non-hydrogen) atoms. The Morgan fingerprint density at radius 1 is 1.20 bits per heavy atom. The average molecular weight is 278 g/mol. The summed E-state index contributed by atoms with van der Waals surface area (Å²) in [5, 5.41) is 6.65. The highest BCUT2D eigenvalue weighted by atomic mass is 16.5. The molecular formula is C15H26N4O. The van der Waals surface area contributed by atoms with Crippen molar-refractivity contribution in [2.45, 2.75) is 46.1 Å². The van der Waals surface area contributed by atoms with Gasteiger partial charge < -0.3 is 15.4 Å². The van der Waals surface area contributed by atoms with Crippen LogP contribution in [0.2, 0.25) is 0 Å². The molecule has 0 unspecified atom stereocenters. The zero-order valence-electron chi connectivity index (χ0n) is 12.6. The minimum atomic E-state index is 0.465. The molecule has 1 aromatic heterocycles. The van der Waals surface area contributed by atoms with E-state index in [9.17, 15) is 0 Å². The molecule has 1 aromatic rings. The Hall–Kier alpha value is -1.36. The molecule has 0 aromatic carbocycles. The van der Waals surface area contributed by atoms with E-state index in [4.69, 9.17) is 4.74 Å². The van der Waals surface area contributed by atoms with E-state index in [0.29, 0.717) is 13.2 Å². The first-order valence-corrected chi connectivity index (χ1v) is 7.75. The molecule has 5 nitrogen and oxygen atoms in total. The summed E-state index contributed by atoms with van der Waals surface area (Å²) in [5.74, 6) is 3.41. The summed E-state index contributed by atoms with van der Waals surface area (Å²) in [5.41, 5.74) is 0. The topological polar surface area (TPSA) is 59.1 Å². The molecular weight excluding hydrogens is 252 g/mol. The molecule has 1 aliphatic rings. The third-order valence-electron chi connectivity index (χ3n) is 3.65. The molecule has 0 aliphatic heterocycles. The summed E-state index contributed by atoms with van der Waals surface area (Å²) in [7, 11) is 0. The highest BCUT2D eigenvalue weighted by Crippen LogP contribution is 2.29. The zero-order chi connectivity index (χ0) is 14.2. The quantitative estimate of drug-likeness (QED) is 0.727. The number of nitrogens with one attached hydrogen (secondary N) is 2. The standard InChI is InChI=1S/C15H26N4O/c1-3-16-13-10-14(17-9-8-12-6-5-7-12)19-15(18-13)11-20-4-2/h10,12H,3-9,11H2,1-2H3,(H2,16,17,18,19). The fourth-order valence-corrected chi connectivity index (χ4v) is 2.30. The minimum absolute atomic E-state index is 0.465. The Balaban J connectivity index is 1.91. The monoisotopic (exact) mass is 278 g/mol. The van der Waals surface area contributed by atoms with Crippen LogP contribution in [0.15, 0.2) is 6.07 Å². The van der Waals surface area contributed by atoms with Crippen molar-refractivity contribution in [1.82, 2.24) is 9.97 Å². The van der Waals surface area contributed by atoms with Crippen LogP contribution in [0.1, 0.15) is 45.4 Å². The first kappa shape index (κ1) is 15.0. The van der Waals surface area contributed by atoms with E-state index >= 15 is 0 Å². The van der Waals surface area contributed by atoms with Crippen LogP contribution in [0.5, 0.6) is 0 Å². The molecule has 0 spiro atoms. The number of aromatic nitrogens is 2. The first-order valence-electron chi connectivity index (χ1n) is 7.75. The van der Waals surface area contributed by atoms with Gasteiger partial charge in [-0.05, 0) is 26.2 Å². The van der Waals surface area contributed by atoms with E-state index in [2.05, 4.69) is 27.5 Å². The van der Waals surface area contributed by atoms with Gasteiger partial charge in [-0.15, -0.1) is 0 Å². The summed E-state index contributed by atoms with van der Waals surface area (Å²) >= 11 is 0. The van der Waals surface area contributed by atoms with Crippen LogP contribution in [-0.4, -0.2) is 29.7 Å². The molecule has 0 atom stereocenters. The van der Waals surface area contributed by atoms with Gasteiger partial charge in [0.25, 0.3) is 0 Å². The smallest absolute Gasteiger partial charge is 0.158 e. The summed E-state index contributed by atoms with van der Waals surface area (Å²) in [4.78, 5) is 8.95. The molecule has 5 heteroatoms. The van der Waals surface area contributed by atoms with E-state index in [1.807, 2.05) is 13.0 Å². The Bertz CT molecular complexity index is 407. The second-order valence-electron chi connectivity index (χ2n) is 5.23. The van der Waals surface area contributed by atoms with Crippen LogP contribution in [0, 0.1) is 5.92 Å². The molecule has 0 radical (unpaired) electrons. The Morgan fingerprint density at radius 3 is 2.55 bits per heavy atom. The van der Waals surface area contributed by atoms with Crippen molar-refractivity contribution in [3.8, 4) is 0 Å². The lowest BCUT2D eigenvalue weighted by molar-refractivity contribution is 0.128. The van der Waals surface area contributed by atoms with Crippen LogP contribution >= 0.6 is 0 Å². The molecule has 1 aliphatic carbocycles. The molecule has 2 rings (SSSR count). The normalized spacial score (nSPS) is 14.9. The predicted molar refractivity (Wildman–Crippen MR) is 82.0 cm³/mol. The number of anilines is 2. The van der Waals surface area contributed by atoms with Crippen molar-refractivity contribution in [2.24, 2.45) is 5.92 Å². The maximum atomic E-state index is 5.40. The van der Waals surface area contributed by atoms with Crippen molar-refractivity contribution in [2.75, 3.05) is 30.3 Å². The van der Waals surface area contributed by atoms with Crippen LogP contribution < -0.4 is 10.6 Å². The highest BCUT2D eigenvalue weighted by molar-refractivity contribution is 5.47. The largest absolute Gasteiger partial charge is 0.374 e. The zero-order valence-corrected chi connectivity index (χ0v) is 12.6. The van der Waals surface area contributed by atoms with Gasteiger partial charge in [0, 0.05) is 25.8 Å². The molecule has 0 amide bonds. The second-order valence-corrected chi connectivity index (χ2v) is 5.23. The van der Waals surface area contributed by atoms with Gasteiger partial charge >= 0.3 is 0 Å². The predicted octanol–water partition coefficient (Wildman–Crippen LogP) is 3.05. The van der Waals surface area contributed by atoms with Crippen molar-refractivity contribution in [3.63, 3.8) is 0 Å². The van der Waals surface area contributed by atoms with Gasteiger partial charge in [-0.1, -0.05) is 19.3 Å². The maximum Gasteiger partial charge on any atom is 0.158 e. The van der Waals surface area contributed by atoms with E-state index in [-0.39, 0.29) is 0 Å². The first-order chi connectivity index (χ1) is 9.81. The van der Waals surface area contributed by atoms with Gasteiger partial charge in [0.05, 0.1) is 0 Å². The van der Waals surface area contributed by atoms with Crippen molar-refractivity contribution in [3.05, 3.63) is 11.9 Å². The minimum Gasteiger partial charge on any atom is -0.374 e. The van der Waals surface area contributed by atoms with E-state index in [1.165, 1.54) is 25.7 Å². The molecule has 2 N–H and O–H groups in total. The molecule has 112 valence electrons. The van der Waals surface area contributed by atoms with Gasteiger partial charge in [0.1, 0.15) is 18.2 Å². The maximum absolute atomic E-state index is 5.40. The number of nitrogens with zero attached hydrogens (tertiary/aromatic N) is 2. The summed E-state index contributed by atoms with van der Waals surface area (Å²) in [6.07, 6.45) is 5.43. The van der Waals surface area contributed by atoms with Crippen LogP contribution in [-0.2, 0) is 11.3 Å². The SMILES string of the molecule is CCNc1cc(NCCC2CCC2)nc(COCC)n1. The van der Waals surface area contributed by atoms with E-state index in [0.717, 1.165) is 36.5 Å². The van der Waals surface area contributed by atoms with Gasteiger partial charge in [-0.2, -0.15) is 0 Å². The lowest BCUT2D eigenvalue weighted by Gasteiger charge is -2.25. The van der Waals surface area contributed by atoms with Crippen LogP contribution in [0.25, 0.3) is 0 Å². The van der Waals surface area contributed by atoms with Crippen molar-refractivity contribution >= 4 is 11.6 Å². The Kier molecular flexibility index (Phi) is 6.05. The molecule has 1 heterocycles. The van der Waals surface area contributed by atoms with Crippen LogP contribution in [0.4, 0.5) is 11.6 Å². The highest BCUT2D eigenvalue weighted by Gasteiger charge is 2.16. The lowest BCUT2D eigenvalue weighted by atomic mass is 9.83. The Labute approximate surface area is 121 Å². The molecule has 0 bridgehead atoms. The number of hydrogen-bond acceptors (Lipinski definition) is 5. The third-order valence-corrected chi connectivity index (χ3v) is 3.65. The second kappa shape index (κ2) is 8.04.